The molecular formula is C22H24ClNO5. The molecule has 7 heteroatoms. The number of carbonyl (C=O) groups excluding carboxylic acids is 2. The second-order valence-electron chi connectivity index (χ2n) is 6.89. The highest BCUT2D eigenvalue weighted by molar-refractivity contribution is 6.32. The molecule has 2 aromatic carbocycles. The molecular weight excluding hydrogens is 394 g/mol. The van der Waals surface area contributed by atoms with E-state index in [1.165, 1.54) is 31.9 Å². The molecule has 1 amide bonds. The van der Waals surface area contributed by atoms with Gasteiger partial charge >= 0.3 is 5.97 Å². The van der Waals surface area contributed by atoms with Crippen LogP contribution in [0, 0.1) is 0 Å². The summed E-state index contributed by atoms with van der Waals surface area (Å²) in [5, 5.41) is 3.21. The smallest absolute Gasteiger partial charge is 0.339 e. The molecule has 0 aliphatic heterocycles. The van der Waals surface area contributed by atoms with E-state index >= 15 is 0 Å². The Balaban J connectivity index is 1.67. The summed E-state index contributed by atoms with van der Waals surface area (Å²) in [6.07, 6.45) is 1.91. The van der Waals surface area contributed by atoms with Crippen molar-refractivity contribution in [2.24, 2.45) is 0 Å². The zero-order chi connectivity index (χ0) is 21.0. The van der Waals surface area contributed by atoms with E-state index in [2.05, 4.69) is 11.4 Å². The van der Waals surface area contributed by atoms with Crippen LogP contribution in [0.3, 0.4) is 0 Å². The zero-order valence-corrected chi connectivity index (χ0v) is 17.4. The fourth-order valence-electron chi connectivity index (χ4n) is 3.51. The molecule has 3 rings (SSSR count). The van der Waals surface area contributed by atoms with Gasteiger partial charge < -0.3 is 19.5 Å². The van der Waals surface area contributed by atoms with Crippen LogP contribution in [0.5, 0.6) is 11.5 Å². The van der Waals surface area contributed by atoms with Gasteiger partial charge in [-0.2, -0.15) is 0 Å². The van der Waals surface area contributed by atoms with Gasteiger partial charge in [0.2, 0.25) is 0 Å². The molecule has 1 N–H and O–H groups in total. The summed E-state index contributed by atoms with van der Waals surface area (Å²) < 4.78 is 15.7. The van der Waals surface area contributed by atoms with Crippen LogP contribution in [-0.4, -0.2) is 32.2 Å². The molecule has 0 unspecified atom stereocenters. The summed E-state index contributed by atoms with van der Waals surface area (Å²) in [7, 11) is 2.90. The van der Waals surface area contributed by atoms with Crippen LogP contribution in [0.4, 0.5) is 0 Å². The molecule has 0 saturated heterocycles. The largest absolute Gasteiger partial charge is 0.493 e. The van der Waals surface area contributed by atoms with Crippen molar-refractivity contribution >= 4 is 23.5 Å². The van der Waals surface area contributed by atoms with Gasteiger partial charge in [-0.3, -0.25) is 4.79 Å². The summed E-state index contributed by atoms with van der Waals surface area (Å²) in [6.45, 7) is 1.55. The maximum atomic E-state index is 12.6. The van der Waals surface area contributed by atoms with Gasteiger partial charge in [0.15, 0.2) is 17.6 Å². The van der Waals surface area contributed by atoms with E-state index in [-0.39, 0.29) is 22.5 Å². The Kier molecular flexibility index (Phi) is 6.64. The predicted molar refractivity (Wildman–Crippen MR) is 110 cm³/mol. The summed E-state index contributed by atoms with van der Waals surface area (Å²) in [5.41, 5.74) is 2.54. The molecule has 0 radical (unpaired) electrons. The third-order valence-corrected chi connectivity index (χ3v) is 5.29. The van der Waals surface area contributed by atoms with Gasteiger partial charge in [0.1, 0.15) is 0 Å². The second kappa shape index (κ2) is 9.18. The molecule has 0 saturated carbocycles. The van der Waals surface area contributed by atoms with Gasteiger partial charge in [0, 0.05) is 0 Å². The first-order valence-corrected chi connectivity index (χ1v) is 9.83. The minimum atomic E-state index is -0.955. The number of hydrogen-bond donors (Lipinski definition) is 1. The van der Waals surface area contributed by atoms with Gasteiger partial charge in [-0.25, -0.2) is 4.79 Å². The number of ether oxygens (including phenoxy) is 3. The van der Waals surface area contributed by atoms with Crippen molar-refractivity contribution in [3.05, 3.63) is 58.1 Å². The highest BCUT2D eigenvalue weighted by Crippen LogP contribution is 2.36. The van der Waals surface area contributed by atoms with E-state index in [9.17, 15) is 9.59 Å². The molecule has 154 valence electrons. The maximum Gasteiger partial charge on any atom is 0.339 e. The Morgan fingerprint density at radius 3 is 2.66 bits per heavy atom. The van der Waals surface area contributed by atoms with Crippen LogP contribution in [0.15, 0.2) is 36.4 Å². The maximum absolute atomic E-state index is 12.6. The van der Waals surface area contributed by atoms with Crippen LogP contribution >= 0.6 is 11.6 Å². The quantitative estimate of drug-likeness (QED) is 0.716. The lowest BCUT2D eigenvalue weighted by atomic mass is 9.87. The first-order chi connectivity index (χ1) is 13.9. The first-order valence-electron chi connectivity index (χ1n) is 9.45. The third-order valence-electron chi connectivity index (χ3n) is 5.01. The van der Waals surface area contributed by atoms with Crippen molar-refractivity contribution < 1.29 is 23.8 Å². The molecule has 2 atom stereocenters. The third kappa shape index (κ3) is 4.65. The van der Waals surface area contributed by atoms with Crippen LogP contribution in [0.25, 0.3) is 0 Å². The van der Waals surface area contributed by atoms with Gasteiger partial charge in [-0.05, 0) is 49.4 Å². The zero-order valence-electron chi connectivity index (χ0n) is 16.7. The SMILES string of the molecule is COc1cc(C(=O)O[C@@H](C)C(=O)N[C@H]2CCCc3ccccc32)cc(Cl)c1OC. The van der Waals surface area contributed by atoms with Gasteiger partial charge in [-0.1, -0.05) is 35.9 Å². The summed E-state index contributed by atoms with van der Waals surface area (Å²) in [6, 6.07) is 10.9. The Labute approximate surface area is 175 Å². The molecule has 29 heavy (non-hydrogen) atoms. The average Bonchev–Trinajstić information content (AvgIpc) is 2.73. The number of rotatable bonds is 6. The molecule has 1 aliphatic rings. The summed E-state index contributed by atoms with van der Waals surface area (Å²) >= 11 is 6.14. The molecule has 0 heterocycles. The topological polar surface area (TPSA) is 73.9 Å². The first kappa shape index (κ1) is 21.0. The Morgan fingerprint density at radius 1 is 1.17 bits per heavy atom. The number of esters is 1. The summed E-state index contributed by atoms with van der Waals surface area (Å²) in [5.74, 6) is -0.374. The van der Waals surface area contributed by atoms with E-state index in [4.69, 9.17) is 25.8 Å². The lowest BCUT2D eigenvalue weighted by Gasteiger charge is -2.27. The molecule has 0 spiro atoms. The van der Waals surface area contributed by atoms with E-state index in [1.807, 2.05) is 18.2 Å². The minimum absolute atomic E-state index is 0.0795. The lowest BCUT2D eigenvalue weighted by Crippen LogP contribution is -2.39. The molecule has 0 fully saturated rings. The van der Waals surface area contributed by atoms with Crippen molar-refractivity contribution in [3.63, 3.8) is 0 Å². The second-order valence-corrected chi connectivity index (χ2v) is 7.30. The fourth-order valence-corrected chi connectivity index (χ4v) is 3.80. The van der Waals surface area contributed by atoms with Gasteiger partial charge in [-0.15, -0.1) is 0 Å². The van der Waals surface area contributed by atoms with Crippen LogP contribution in [-0.2, 0) is 16.0 Å². The number of aryl methyl sites for hydroxylation is 1. The molecule has 0 bridgehead atoms. The molecule has 0 aromatic heterocycles. The lowest BCUT2D eigenvalue weighted by molar-refractivity contribution is -0.130. The standard InChI is InChI=1S/C22H24ClNO5/c1-13(21(25)24-18-10-6-8-14-7-4-5-9-16(14)18)29-22(26)15-11-17(23)20(28-3)19(12-15)27-2/h4-5,7,9,11-13,18H,6,8,10H2,1-3H3,(H,24,25)/t13-,18-/m0/s1. The predicted octanol–water partition coefficient (Wildman–Crippen LogP) is 4.10. The highest BCUT2D eigenvalue weighted by Gasteiger charge is 2.26. The Morgan fingerprint density at radius 2 is 1.93 bits per heavy atom. The van der Waals surface area contributed by atoms with E-state index in [0.717, 1.165) is 24.8 Å². The van der Waals surface area contributed by atoms with Gasteiger partial charge in [0.25, 0.3) is 5.91 Å². The van der Waals surface area contributed by atoms with Crippen molar-refractivity contribution in [1.82, 2.24) is 5.32 Å². The van der Waals surface area contributed by atoms with E-state index in [0.29, 0.717) is 11.5 Å². The summed E-state index contributed by atoms with van der Waals surface area (Å²) in [4.78, 5) is 25.1. The number of nitrogens with one attached hydrogen (secondary N) is 1. The molecule has 6 nitrogen and oxygen atoms in total. The van der Waals surface area contributed by atoms with Crippen LogP contribution in [0.1, 0.15) is 47.3 Å². The average molecular weight is 418 g/mol. The Hall–Kier alpha value is -2.73. The number of amides is 1. The van der Waals surface area contributed by atoms with Crippen molar-refractivity contribution in [1.29, 1.82) is 0 Å². The fraction of sp³-hybridized carbons (Fsp3) is 0.364. The number of carbonyl (C=O) groups is 2. The van der Waals surface area contributed by atoms with E-state index < -0.39 is 12.1 Å². The highest BCUT2D eigenvalue weighted by atomic mass is 35.5. The minimum Gasteiger partial charge on any atom is -0.493 e. The Bertz CT molecular complexity index is 914. The van der Waals surface area contributed by atoms with Crippen molar-refractivity contribution in [2.45, 2.75) is 38.3 Å². The number of halogens is 1. The monoisotopic (exact) mass is 417 g/mol. The van der Waals surface area contributed by atoms with Crippen LogP contribution < -0.4 is 14.8 Å². The van der Waals surface area contributed by atoms with Crippen molar-refractivity contribution in [2.75, 3.05) is 14.2 Å². The molecule has 1 aliphatic carbocycles. The van der Waals surface area contributed by atoms with Crippen molar-refractivity contribution in [3.8, 4) is 11.5 Å². The molecule has 2 aromatic rings. The van der Waals surface area contributed by atoms with E-state index in [1.54, 1.807) is 6.92 Å². The van der Waals surface area contributed by atoms with Crippen LogP contribution in [0.2, 0.25) is 5.02 Å². The number of methoxy groups -OCH3 is 2. The number of hydrogen-bond acceptors (Lipinski definition) is 5. The normalized spacial score (nSPS) is 16.3. The number of benzene rings is 2. The number of fused-ring (bicyclic) bond motifs is 1. The van der Waals surface area contributed by atoms with Gasteiger partial charge in [0.05, 0.1) is 30.8 Å².